The summed E-state index contributed by atoms with van der Waals surface area (Å²) in [6, 6.07) is 1.82. The normalized spacial score (nSPS) is 9.55. The molecule has 0 N–H and O–H groups in total. The molecule has 0 aromatic carbocycles. The van der Waals surface area contributed by atoms with Crippen LogP contribution in [0.15, 0.2) is 17.4 Å². The van der Waals surface area contributed by atoms with Crippen LogP contribution in [-0.4, -0.2) is 22.0 Å². The third-order valence-corrected chi connectivity index (χ3v) is 1.81. The van der Waals surface area contributed by atoms with Crippen molar-refractivity contribution in [3.63, 3.8) is 0 Å². The van der Waals surface area contributed by atoms with Crippen LogP contribution in [-0.2, 0) is 4.79 Å². The maximum Gasteiger partial charge on any atom is 0.188 e. The Morgan fingerprint density at radius 2 is 2.55 bits per heavy atom. The number of aldehydes is 1. The lowest BCUT2D eigenvalue weighted by atomic mass is 10.5. The molecule has 1 aromatic rings. The molecule has 0 saturated heterocycles. The molecule has 0 unspecified atom stereocenters. The molecular formula is C7H8N2OS. The van der Waals surface area contributed by atoms with Gasteiger partial charge in [0.25, 0.3) is 0 Å². The summed E-state index contributed by atoms with van der Waals surface area (Å²) in [6.07, 6.45) is 2.53. The first-order valence-electron chi connectivity index (χ1n) is 3.19. The highest BCUT2D eigenvalue weighted by atomic mass is 32.2. The number of thioether (sulfide) groups is 1. The minimum Gasteiger partial charge on any atom is -0.302 e. The van der Waals surface area contributed by atoms with E-state index in [1.54, 1.807) is 6.20 Å². The van der Waals surface area contributed by atoms with E-state index in [-0.39, 0.29) is 0 Å². The van der Waals surface area contributed by atoms with Crippen molar-refractivity contribution in [2.24, 2.45) is 0 Å². The zero-order valence-electron chi connectivity index (χ0n) is 6.15. The van der Waals surface area contributed by atoms with Gasteiger partial charge in [0.1, 0.15) is 6.29 Å². The molecule has 0 bridgehead atoms. The molecule has 0 radical (unpaired) electrons. The van der Waals surface area contributed by atoms with Gasteiger partial charge in [0.05, 0.1) is 5.75 Å². The number of hydrogen-bond donors (Lipinski definition) is 0. The highest BCUT2D eigenvalue weighted by Gasteiger charge is 1.94. The molecule has 58 valence electrons. The molecule has 0 saturated carbocycles. The van der Waals surface area contributed by atoms with Crippen LogP contribution in [0.1, 0.15) is 5.69 Å². The van der Waals surface area contributed by atoms with E-state index in [0.717, 1.165) is 12.0 Å². The number of aromatic nitrogens is 2. The van der Waals surface area contributed by atoms with Gasteiger partial charge in [0.2, 0.25) is 0 Å². The Morgan fingerprint density at radius 1 is 1.73 bits per heavy atom. The molecular weight excluding hydrogens is 160 g/mol. The Bertz CT molecular complexity index is 252. The van der Waals surface area contributed by atoms with E-state index >= 15 is 0 Å². The second-order valence-electron chi connectivity index (χ2n) is 1.96. The second kappa shape index (κ2) is 4.08. The van der Waals surface area contributed by atoms with Crippen LogP contribution < -0.4 is 0 Å². The van der Waals surface area contributed by atoms with Crippen LogP contribution in [0.4, 0.5) is 0 Å². The zero-order chi connectivity index (χ0) is 8.10. The molecule has 3 nitrogen and oxygen atoms in total. The van der Waals surface area contributed by atoms with Crippen LogP contribution in [0.2, 0.25) is 0 Å². The smallest absolute Gasteiger partial charge is 0.188 e. The predicted octanol–water partition coefficient (Wildman–Crippen LogP) is 1.08. The Hall–Kier alpha value is -0.900. The SMILES string of the molecule is Cc1ccnc(SCC=O)n1. The summed E-state index contributed by atoms with van der Waals surface area (Å²) in [7, 11) is 0. The highest BCUT2D eigenvalue weighted by Crippen LogP contribution is 2.09. The van der Waals surface area contributed by atoms with Crippen molar-refractivity contribution in [1.29, 1.82) is 0 Å². The quantitative estimate of drug-likeness (QED) is 0.385. The molecule has 1 heterocycles. The number of carbonyl (C=O) groups excluding carboxylic acids is 1. The number of carbonyl (C=O) groups is 1. The minimum atomic E-state index is 0.420. The van der Waals surface area contributed by atoms with E-state index in [9.17, 15) is 4.79 Å². The van der Waals surface area contributed by atoms with Gasteiger partial charge >= 0.3 is 0 Å². The summed E-state index contributed by atoms with van der Waals surface area (Å²) < 4.78 is 0. The fourth-order valence-corrected chi connectivity index (χ4v) is 1.17. The third-order valence-electron chi connectivity index (χ3n) is 1.05. The Balaban J connectivity index is 2.63. The standard InChI is InChI=1S/C7H8N2OS/c1-6-2-3-8-7(9-6)11-5-4-10/h2-4H,5H2,1H3. The van der Waals surface area contributed by atoms with Crippen molar-refractivity contribution >= 4 is 18.0 Å². The first-order valence-corrected chi connectivity index (χ1v) is 4.17. The van der Waals surface area contributed by atoms with E-state index in [1.165, 1.54) is 11.8 Å². The molecule has 1 aromatic heterocycles. The predicted molar refractivity (Wildman–Crippen MR) is 43.6 cm³/mol. The van der Waals surface area contributed by atoms with Crippen molar-refractivity contribution < 1.29 is 4.79 Å². The van der Waals surface area contributed by atoms with Crippen LogP contribution in [0.5, 0.6) is 0 Å². The average molecular weight is 168 g/mol. The number of hydrogen-bond acceptors (Lipinski definition) is 4. The van der Waals surface area contributed by atoms with E-state index in [1.807, 2.05) is 13.0 Å². The van der Waals surface area contributed by atoms with Crippen LogP contribution >= 0.6 is 11.8 Å². The third kappa shape index (κ3) is 2.67. The largest absolute Gasteiger partial charge is 0.302 e. The van der Waals surface area contributed by atoms with E-state index in [4.69, 9.17) is 0 Å². The first kappa shape index (κ1) is 8.20. The lowest BCUT2D eigenvalue weighted by Crippen LogP contribution is -1.89. The van der Waals surface area contributed by atoms with Gasteiger partial charge in [-0.15, -0.1) is 0 Å². The number of rotatable bonds is 3. The van der Waals surface area contributed by atoms with Crippen LogP contribution in [0, 0.1) is 6.92 Å². The topological polar surface area (TPSA) is 42.9 Å². The molecule has 1 rings (SSSR count). The lowest BCUT2D eigenvalue weighted by Gasteiger charge is -1.95. The molecule has 0 aliphatic heterocycles. The van der Waals surface area contributed by atoms with Gasteiger partial charge in [-0.25, -0.2) is 9.97 Å². The molecule has 11 heavy (non-hydrogen) atoms. The number of nitrogens with zero attached hydrogens (tertiary/aromatic N) is 2. The van der Waals surface area contributed by atoms with Gasteiger partial charge < -0.3 is 4.79 Å². The van der Waals surface area contributed by atoms with Crippen molar-refractivity contribution in [2.45, 2.75) is 12.1 Å². The van der Waals surface area contributed by atoms with Crippen LogP contribution in [0.3, 0.4) is 0 Å². The maximum atomic E-state index is 9.99. The van der Waals surface area contributed by atoms with E-state index < -0.39 is 0 Å². The summed E-state index contributed by atoms with van der Waals surface area (Å²) in [6.45, 7) is 1.90. The summed E-state index contributed by atoms with van der Waals surface area (Å²) in [5.41, 5.74) is 0.924. The molecule has 0 fully saturated rings. The van der Waals surface area contributed by atoms with Gasteiger partial charge in [-0.1, -0.05) is 11.8 Å². The summed E-state index contributed by atoms with van der Waals surface area (Å²) in [4.78, 5) is 18.1. The Morgan fingerprint density at radius 3 is 3.18 bits per heavy atom. The average Bonchev–Trinajstić information content (AvgIpc) is 2.01. The summed E-state index contributed by atoms with van der Waals surface area (Å²) in [5.74, 6) is 0.420. The number of aryl methyl sites for hydroxylation is 1. The minimum absolute atomic E-state index is 0.420. The van der Waals surface area contributed by atoms with Gasteiger partial charge in [-0.3, -0.25) is 0 Å². The van der Waals surface area contributed by atoms with Crippen molar-refractivity contribution in [1.82, 2.24) is 9.97 Å². The zero-order valence-corrected chi connectivity index (χ0v) is 6.97. The molecule has 4 heteroatoms. The molecule has 0 spiro atoms. The highest BCUT2D eigenvalue weighted by molar-refractivity contribution is 7.99. The fourth-order valence-electron chi connectivity index (χ4n) is 0.604. The van der Waals surface area contributed by atoms with Crippen LogP contribution in [0.25, 0.3) is 0 Å². The fraction of sp³-hybridized carbons (Fsp3) is 0.286. The van der Waals surface area contributed by atoms with E-state index in [0.29, 0.717) is 10.9 Å². The molecule has 0 aliphatic carbocycles. The van der Waals surface area contributed by atoms with E-state index in [2.05, 4.69) is 9.97 Å². The Labute approximate surface area is 69.3 Å². The van der Waals surface area contributed by atoms with Crippen molar-refractivity contribution in [2.75, 3.05) is 5.75 Å². The summed E-state index contributed by atoms with van der Waals surface area (Å²) in [5, 5.41) is 0.664. The van der Waals surface area contributed by atoms with Gasteiger partial charge in [-0.2, -0.15) is 0 Å². The van der Waals surface area contributed by atoms with Gasteiger partial charge in [-0.05, 0) is 13.0 Å². The van der Waals surface area contributed by atoms with Crippen molar-refractivity contribution in [3.8, 4) is 0 Å². The van der Waals surface area contributed by atoms with Crippen molar-refractivity contribution in [3.05, 3.63) is 18.0 Å². The van der Waals surface area contributed by atoms with Gasteiger partial charge in [0.15, 0.2) is 5.16 Å². The summed E-state index contributed by atoms with van der Waals surface area (Å²) >= 11 is 1.34. The molecule has 0 amide bonds. The second-order valence-corrected chi connectivity index (χ2v) is 2.95. The maximum absolute atomic E-state index is 9.99. The van der Waals surface area contributed by atoms with Gasteiger partial charge in [0, 0.05) is 11.9 Å². The Kier molecular flexibility index (Phi) is 3.04. The first-order chi connectivity index (χ1) is 5.33. The lowest BCUT2D eigenvalue weighted by molar-refractivity contribution is -0.105. The molecule has 0 atom stereocenters. The monoisotopic (exact) mass is 168 g/mol. The molecule has 0 aliphatic rings.